The Kier molecular flexibility index (Phi) is 3.94. The van der Waals surface area contributed by atoms with Crippen molar-refractivity contribution in [3.8, 4) is 11.5 Å². The van der Waals surface area contributed by atoms with Crippen molar-refractivity contribution in [2.45, 2.75) is 19.4 Å². The summed E-state index contributed by atoms with van der Waals surface area (Å²) in [5.74, 6) is 1.71. The van der Waals surface area contributed by atoms with Gasteiger partial charge >= 0.3 is 0 Å². The van der Waals surface area contributed by atoms with Gasteiger partial charge in [-0.05, 0) is 48.7 Å². The van der Waals surface area contributed by atoms with Gasteiger partial charge in [0.15, 0.2) is 11.5 Å². The summed E-state index contributed by atoms with van der Waals surface area (Å²) >= 11 is 1.78. The zero-order valence-corrected chi connectivity index (χ0v) is 12.6. The SMILES string of the molecule is CNC(c1ccc2c(c1)OCCCO2)c1sccc1C. The minimum atomic E-state index is 0.201. The molecule has 0 amide bonds. The van der Waals surface area contributed by atoms with E-state index in [1.807, 2.05) is 13.1 Å². The normalized spacial score (nSPS) is 15.7. The van der Waals surface area contributed by atoms with Crippen molar-refractivity contribution < 1.29 is 9.47 Å². The number of aryl methyl sites for hydroxylation is 1. The lowest BCUT2D eigenvalue weighted by molar-refractivity contribution is 0.297. The van der Waals surface area contributed by atoms with Crippen LogP contribution in [0.2, 0.25) is 0 Å². The van der Waals surface area contributed by atoms with E-state index in [-0.39, 0.29) is 6.04 Å². The molecular formula is C16H19NO2S. The highest BCUT2D eigenvalue weighted by Gasteiger charge is 2.18. The van der Waals surface area contributed by atoms with E-state index in [1.54, 1.807) is 11.3 Å². The van der Waals surface area contributed by atoms with Crippen molar-refractivity contribution in [2.24, 2.45) is 0 Å². The largest absolute Gasteiger partial charge is 0.490 e. The van der Waals surface area contributed by atoms with Gasteiger partial charge in [-0.3, -0.25) is 0 Å². The Balaban J connectivity index is 1.96. The van der Waals surface area contributed by atoms with E-state index >= 15 is 0 Å². The quantitative estimate of drug-likeness (QED) is 0.937. The van der Waals surface area contributed by atoms with Crippen molar-refractivity contribution >= 4 is 11.3 Å². The molecular weight excluding hydrogens is 270 g/mol. The van der Waals surface area contributed by atoms with Crippen molar-refractivity contribution in [3.63, 3.8) is 0 Å². The average molecular weight is 289 g/mol. The first kappa shape index (κ1) is 13.5. The van der Waals surface area contributed by atoms with Gasteiger partial charge in [0.1, 0.15) is 0 Å². The summed E-state index contributed by atoms with van der Waals surface area (Å²) in [6.07, 6.45) is 0.934. The summed E-state index contributed by atoms with van der Waals surface area (Å²) in [6.45, 7) is 3.60. The van der Waals surface area contributed by atoms with Crippen LogP contribution in [0.4, 0.5) is 0 Å². The molecule has 0 radical (unpaired) electrons. The number of benzene rings is 1. The van der Waals surface area contributed by atoms with Crippen LogP contribution in [0.1, 0.15) is 28.5 Å². The number of nitrogens with one attached hydrogen (secondary N) is 1. The molecule has 2 heterocycles. The second-order valence-electron chi connectivity index (χ2n) is 4.95. The first-order valence-corrected chi connectivity index (χ1v) is 7.78. The van der Waals surface area contributed by atoms with E-state index in [0.717, 1.165) is 31.1 Å². The first-order chi connectivity index (χ1) is 9.79. The maximum Gasteiger partial charge on any atom is 0.161 e. The predicted octanol–water partition coefficient (Wildman–Crippen LogP) is 3.53. The molecule has 0 saturated carbocycles. The van der Waals surface area contributed by atoms with Crippen LogP contribution in [-0.2, 0) is 0 Å². The van der Waals surface area contributed by atoms with E-state index in [9.17, 15) is 0 Å². The highest BCUT2D eigenvalue weighted by atomic mass is 32.1. The molecule has 1 aliphatic rings. The van der Waals surface area contributed by atoms with E-state index in [1.165, 1.54) is 16.0 Å². The first-order valence-electron chi connectivity index (χ1n) is 6.90. The summed E-state index contributed by atoms with van der Waals surface area (Å²) in [4.78, 5) is 1.35. The van der Waals surface area contributed by atoms with Crippen LogP contribution >= 0.6 is 11.3 Å². The predicted molar refractivity (Wildman–Crippen MR) is 82.0 cm³/mol. The standard InChI is InChI=1S/C16H19NO2S/c1-11-6-9-20-16(11)15(17-2)12-4-5-13-14(10-12)19-8-3-7-18-13/h4-6,9-10,15,17H,3,7-8H2,1-2H3. The summed E-state index contributed by atoms with van der Waals surface area (Å²) in [6, 6.07) is 8.60. The molecule has 0 aliphatic carbocycles. The summed E-state index contributed by atoms with van der Waals surface area (Å²) in [7, 11) is 1.99. The van der Waals surface area contributed by atoms with Gasteiger partial charge < -0.3 is 14.8 Å². The molecule has 4 heteroatoms. The van der Waals surface area contributed by atoms with Crippen molar-refractivity contribution in [2.75, 3.05) is 20.3 Å². The van der Waals surface area contributed by atoms with Crippen LogP contribution in [0.15, 0.2) is 29.6 Å². The minimum Gasteiger partial charge on any atom is -0.490 e. The fourth-order valence-electron chi connectivity index (χ4n) is 2.49. The molecule has 1 aromatic carbocycles. The number of hydrogen-bond acceptors (Lipinski definition) is 4. The topological polar surface area (TPSA) is 30.5 Å². The van der Waals surface area contributed by atoms with Gasteiger partial charge in [0.2, 0.25) is 0 Å². The van der Waals surface area contributed by atoms with Gasteiger partial charge in [0.25, 0.3) is 0 Å². The Labute approximate surface area is 123 Å². The second kappa shape index (κ2) is 5.85. The van der Waals surface area contributed by atoms with Crippen LogP contribution in [-0.4, -0.2) is 20.3 Å². The van der Waals surface area contributed by atoms with Gasteiger partial charge in [-0.15, -0.1) is 11.3 Å². The molecule has 1 unspecified atom stereocenters. The highest BCUT2D eigenvalue weighted by molar-refractivity contribution is 7.10. The lowest BCUT2D eigenvalue weighted by Crippen LogP contribution is -2.17. The van der Waals surface area contributed by atoms with Crippen LogP contribution in [0, 0.1) is 6.92 Å². The number of rotatable bonds is 3. The van der Waals surface area contributed by atoms with Crippen molar-refractivity contribution in [3.05, 3.63) is 45.6 Å². The van der Waals surface area contributed by atoms with Crippen LogP contribution < -0.4 is 14.8 Å². The number of thiophene rings is 1. The molecule has 3 nitrogen and oxygen atoms in total. The smallest absolute Gasteiger partial charge is 0.161 e. The van der Waals surface area contributed by atoms with Gasteiger partial charge in [-0.2, -0.15) is 0 Å². The second-order valence-corrected chi connectivity index (χ2v) is 5.89. The van der Waals surface area contributed by atoms with Crippen LogP contribution in [0.3, 0.4) is 0 Å². The molecule has 0 spiro atoms. The Morgan fingerprint density at radius 3 is 2.65 bits per heavy atom. The van der Waals surface area contributed by atoms with Gasteiger partial charge in [-0.1, -0.05) is 6.07 Å². The fourth-order valence-corrected chi connectivity index (χ4v) is 3.55. The van der Waals surface area contributed by atoms with Crippen molar-refractivity contribution in [1.82, 2.24) is 5.32 Å². The van der Waals surface area contributed by atoms with Gasteiger partial charge in [0.05, 0.1) is 19.3 Å². The molecule has 0 bridgehead atoms. The van der Waals surface area contributed by atoms with E-state index < -0.39 is 0 Å². The van der Waals surface area contributed by atoms with Crippen LogP contribution in [0.25, 0.3) is 0 Å². The van der Waals surface area contributed by atoms with E-state index in [2.05, 4.69) is 35.8 Å². The molecule has 3 rings (SSSR count). The summed E-state index contributed by atoms with van der Waals surface area (Å²) in [5, 5.41) is 5.54. The summed E-state index contributed by atoms with van der Waals surface area (Å²) < 4.78 is 11.5. The monoisotopic (exact) mass is 289 g/mol. The van der Waals surface area contributed by atoms with Gasteiger partial charge in [0, 0.05) is 11.3 Å². The van der Waals surface area contributed by atoms with Gasteiger partial charge in [-0.25, -0.2) is 0 Å². The molecule has 1 atom stereocenters. The molecule has 2 aromatic rings. The van der Waals surface area contributed by atoms with Crippen LogP contribution in [0.5, 0.6) is 11.5 Å². The molecule has 1 aliphatic heterocycles. The highest BCUT2D eigenvalue weighted by Crippen LogP contribution is 2.35. The van der Waals surface area contributed by atoms with Crippen molar-refractivity contribution in [1.29, 1.82) is 0 Å². The third kappa shape index (κ3) is 2.53. The Hall–Kier alpha value is -1.52. The Bertz CT molecular complexity index is 594. The third-order valence-corrected chi connectivity index (χ3v) is 4.64. The molecule has 106 valence electrons. The number of ether oxygens (including phenoxy) is 2. The summed E-state index contributed by atoms with van der Waals surface area (Å²) in [5.41, 5.74) is 2.53. The van der Waals surface area contributed by atoms with E-state index in [0.29, 0.717) is 0 Å². The minimum absolute atomic E-state index is 0.201. The maximum absolute atomic E-state index is 5.78. The third-order valence-electron chi connectivity index (χ3n) is 3.56. The Morgan fingerprint density at radius 1 is 1.15 bits per heavy atom. The molecule has 1 aromatic heterocycles. The number of hydrogen-bond donors (Lipinski definition) is 1. The lowest BCUT2D eigenvalue weighted by atomic mass is 10.0. The molecule has 20 heavy (non-hydrogen) atoms. The average Bonchev–Trinajstić information content (AvgIpc) is 2.75. The fraction of sp³-hybridized carbons (Fsp3) is 0.375. The maximum atomic E-state index is 5.78. The zero-order valence-electron chi connectivity index (χ0n) is 11.8. The zero-order chi connectivity index (χ0) is 13.9. The molecule has 0 fully saturated rings. The molecule has 1 N–H and O–H groups in total. The Morgan fingerprint density at radius 2 is 1.95 bits per heavy atom. The number of fused-ring (bicyclic) bond motifs is 1. The van der Waals surface area contributed by atoms with E-state index in [4.69, 9.17) is 9.47 Å². The lowest BCUT2D eigenvalue weighted by Gasteiger charge is -2.18. The molecule has 0 saturated heterocycles.